The first-order valence-electron chi connectivity index (χ1n) is 13.2. The molecule has 2 heterocycles. The SMILES string of the molecule is CN1CCC(N(C)C(=O)c2ccc(Nc3ncc(C(F)(F)F)c(N[C@@H]4CCC[C@@H]4C(=O)N(C)C)n3)cc2)CC1. The lowest BCUT2D eigenvalue weighted by atomic mass is 10.0. The summed E-state index contributed by atoms with van der Waals surface area (Å²) in [6.45, 7) is 1.89. The van der Waals surface area contributed by atoms with Crippen LogP contribution in [0.15, 0.2) is 30.5 Å². The van der Waals surface area contributed by atoms with Gasteiger partial charge in [0.1, 0.15) is 11.4 Å². The molecule has 2 fully saturated rings. The second-order valence-corrected chi connectivity index (χ2v) is 10.6. The van der Waals surface area contributed by atoms with Crippen LogP contribution >= 0.6 is 0 Å². The van der Waals surface area contributed by atoms with E-state index in [0.29, 0.717) is 24.1 Å². The number of benzene rings is 1. The highest BCUT2D eigenvalue weighted by atomic mass is 19.4. The highest BCUT2D eigenvalue weighted by Crippen LogP contribution is 2.37. The Labute approximate surface area is 226 Å². The number of carbonyl (C=O) groups is 2. The number of aromatic nitrogens is 2. The fraction of sp³-hybridized carbons (Fsp3) is 0.556. The minimum Gasteiger partial charge on any atom is -0.366 e. The summed E-state index contributed by atoms with van der Waals surface area (Å²) in [7, 11) is 7.16. The number of alkyl halides is 3. The molecule has 39 heavy (non-hydrogen) atoms. The van der Waals surface area contributed by atoms with E-state index in [1.807, 2.05) is 7.05 Å². The van der Waals surface area contributed by atoms with Gasteiger partial charge >= 0.3 is 6.18 Å². The van der Waals surface area contributed by atoms with E-state index in [0.717, 1.165) is 38.5 Å². The molecule has 1 aromatic heterocycles. The highest BCUT2D eigenvalue weighted by Gasteiger charge is 2.39. The number of nitrogens with one attached hydrogen (secondary N) is 2. The number of amides is 2. The summed E-state index contributed by atoms with van der Waals surface area (Å²) < 4.78 is 41.2. The zero-order chi connectivity index (χ0) is 28.3. The molecule has 0 spiro atoms. The lowest BCUT2D eigenvalue weighted by molar-refractivity contribution is -0.137. The summed E-state index contributed by atoms with van der Waals surface area (Å²) in [4.78, 5) is 39.0. The van der Waals surface area contributed by atoms with Crippen LogP contribution in [0.5, 0.6) is 0 Å². The molecule has 9 nitrogen and oxygen atoms in total. The smallest absolute Gasteiger partial charge is 0.366 e. The molecular formula is C27H36F3N7O2. The van der Waals surface area contributed by atoms with Crippen LogP contribution in [0.3, 0.4) is 0 Å². The Kier molecular flexibility index (Phi) is 8.63. The molecule has 0 bridgehead atoms. The Bertz CT molecular complexity index is 1160. The molecule has 1 aromatic carbocycles. The summed E-state index contributed by atoms with van der Waals surface area (Å²) >= 11 is 0. The highest BCUT2D eigenvalue weighted by molar-refractivity contribution is 5.94. The minimum absolute atomic E-state index is 0.0264. The number of hydrogen-bond donors (Lipinski definition) is 2. The van der Waals surface area contributed by atoms with Crippen LogP contribution < -0.4 is 10.6 Å². The van der Waals surface area contributed by atoms with Crippen molar-refractivity contribution in [3.8, 4) is 0 Å². The maximum Gasteiger partial charge on any atom is 0.421 e. The van der Waals surface area contributed by atoms with Crippen LogP contribution in [0.25, 0.3) is 0 Å². The van der Waals surface area contributed by atoms with Crippen molar-refractivity contribution in [2.24, 2.45) is 5.92 Å². The quantitative estimate of drug-likeness (QED) is 0.540. The molecule has 2 aromatic rings. The van der Waals surface area contributed by atoms with Gasteiger partial charge < -0.3 is 25.3 Å². The number of hydrogen-bond acceptors (Lipinski definition) is 7. The average molecular weight is 548 g/mol. The van der Waals surface area contributed by atoms with Crippen LogP contribution in [-0.2, 0) is 11.0 Å². The summed E-state index contributed by atoms with van der Waals surface area (Å²) in [6, 6.07) is 6.42. The summed E-state index contributed by atoms with van der Waals surface area (Å²) in [5, 5.41) is 5.82. The van der Waals surface area contributed by atoms with Crippen LogP contribution in [-0.4, -0.2) is 89.8 Å². The number of anilines is 3. The zero-order valence-electron chi connectivity index (χ0n) is 22.8. The number of rotatable bonds is 7. The molecule has 1 saturated carbocycles. The molecular weight excluding hydrogens is 511 g/mol. The van der Waals surface area contributed by atoms with Gasteiger partial charge in [0.05, 0.1) is 5.92 Å². The van der Waals surface area contributed by atoms with Gasteiger partial charge in [-0.3, -0.25) is 9.59 Å². The van der Waals surface area contributed by atoms with Gasteiger partial charge in [0.2, 0.25) is 11.9 Å². The predicted molar refractivity (Wildman–Crippen MR) is 143 cm³/mol. The zero-order valence-corrected chi connectivity index (χ0v) is 22.8. The second-order valence-electron chi connectivity index (χ2n) is 10.6. The van der Waals surface area contributed by atoms with Crippen molar-refractivity contribution in [3.63, 3.8) is 0 Å². The van der Waals surface area contributed by atoms with E-state index in [9.17, 15) is 22.8 Å². The van der Waals surface area contributed by atoms with Crippen LogP contribution in [0.2, 0.25) is 0 Å². The third kappa shape index (κ3) is 6.78. The Hall–Kier alpha value is -3.41. The monoisotopic (exact) mass is 547 g/mol. The van der Waals surface area contributed by atoms with Gasteiger partial charge in [-0.05, 0) is 70.1 Å². The molecule has 1 saturated heterocycles. The Morgan fingerprint density at radius 3 is 2.31 bits per heavy atom. The molecule has 0 radical (unpaired) electrons. The van der Waals surface area contributed by atoms with Crippen LogP contribution in [0.4, 0.5) is 30.6 Å². The third-order valence-electron chi connectivity index (χ3n) is 7.63. The van der Waals surface area contributed by atoms with Crippen molar-refractivity contribution in [1.82, 2.24) is 24.7 Å². The Balaban J connectivity index is 1.48. The van der Waals surface area contributed by atoms with Gasteiger partial charge in [-0.1, -0.05) is 6.42 Å². The van der Waals surface area contributed by atoms with Gasteiger partial charge in [0.15, 0.2) is 0 Å². The average Bonchev–Trinajstić information content (AvgIpc) is 3.35. The summed E-state index contributed by atoms with van der Waals surface area (Å²) in [6.07, 6.45) is -0.181. The molecule has 2 atom stereocenters. The first-order valence-corrected chi connectivity index (χ1v) is 13.2. The van der Waals surface area contributed by atoms with Crippen LogP contribution in [0, 0.1) is 5.92 Å². The molecule has 4 rings (SSSR count). The molecule has 2 N–H and O–H groups in total. The van der Waals surface area contributed by atoms with Crippen molar-refractivity contribution < 1.29 is 22.8 Å². The van der Waals surface area contributed by atoms with E-state index in [1.165, 1.54) is 4.90 Å². The number of likely N-dealkylation sites (tertiary alicyclic amines) is 1. The van der Waals surface area contributed by atoms with Crippen molar-refractivity contribution in [3.05, 3.63) is 41.6 Å². The van der Waals surface area contributed by atoms with Gasteiger partial charge in [-0.25, -0.2) is 4.98 Å². The molecule has 1 aliphatic carbocycles. The number of nitrogens with zero attached hydrogens (tertiary/aromatic N) is 5. The van der Waals surface area contributed by atoms with E-state index in [4.69, 9.17) is 0 Å². The number of piperidine rings is 1. The van der Waals surface area contributed by atoms with Gasteiger partial charge in [-0.2, -0.15) is 18.2 Å². The van der Waals surface area contributed by atoms with E-state index >= 15 is 0 Å². The van der Waals surface area contributed by atoms with Gasteiger partial charge in [0, 0.05) is 50.7 Å². The molecule has 2 amide bonds. The van der Waals surface area contributed by atoms with Gasteiger partial charge in [-0.15, -0.1) is 0 Å². The van der Waals surface area contributed by atoms with E-state index < -0.39 is 23.7 Å². The summed E-state index contributed by atoms with van der Waals surface area (Å²) in [5.41, 5.74) is 0.0603. The van der Waals surface area contributed by atoms with E-state index in [1.54, 1.807) is 43.3 Å². The lowest BCUT2D eigenvalue weighted by Crippen LogP contribution is -2.44. The number of carbonyl (C=O) groups excluding carboxylic acids is 2. The normalized spacial score (nSPS) is 20.5. The molecule has 12 heteroatoms. The molecule has 212 valence electrons. The van der Waals surface area contributed by atoms with Crippen molar-refractivity contribution in [2.45, 2.75) is 50.4 Å². The minimum atomic E-state index is -4.66. The first kappa shape index (κ1) is 28.6. The largest absolute Gasteiger partial charge is 0.421 e. The summed E-state index contributed by atoms with van der Waals surface area (Å²) in [5.74, 6) is -1.02. The predicted octanol–water partition coefficient (Wildman–Crippen LogP) is 4.07. The van der Waals surface area contributed by atoms with Crippen LogP contribution in [0.1, 0.15) is 48.0 Å². The van der Waals surface area contributed by atoms with Crippen molar-refractivity contribution in [1.29, 1.82) is 0 Å². The maximum atomic E-state index is 13.7. The first-order chi connectivity index (χ1) is 18.4. The van der Waals surface area contributed by atoms with E-state index in [-0.39, 0.29) is 29.6 Å². The molecule has 2 aliphatic rings. The fourth-order valence-corrected chi connectivity index (χ4v) is 5.27. The van der Waals surface area contributed by atoms with E-state index in [2.05, 4.69) is 32.5 Å². The fourth-order valence-electron chi connectivity index (χ4n) is 5.27. The third-order valence-corrected chi connectivity index (χ3v) is 7.63. The molecule has 0 unspecified atom stereocenters. The second kappa shape index (κ2) is 11.8. The van der Waals surface area contributed by atoms with Gasteiger partial charge in [0.25, 0.3) is 5.91 Å². The van der Waals surface area contributed by atoms with Crippen molar-refractivity contribution in [2.75, 3.05) is 51.9 Å². The van der Waals surface area contributed by atoms with Crippen molar-refractivity contribution >= 4 is 29.3 Å². The standard InChI is InChI=1S/C27H36F3N7O2/c1-35(2)25(39)20-6-5-7-22(20)33-23-21(27(28,29)30)16-31-26(34-23)32-18-10-8-17(9-11-18)24(38)37(4)19-12-14-36(3)15-13-19/h8-11,16,19-20,22H,5-7,12-15H2,1-4H3,(H2,31,32,33,34)/t20-,22+/m0/s1. The number of halogens is 3. The lowest BCUT2D eigenvalue weighted by Gasteiger charge is -2.35. The Morgan fingerprint density at radius 1 is 1.03 bits per heavy atom. The topological polar surface area (TPSA) is 93.7 Å². The molecule has 1 aliphatic heterocycles. The maximum absolute atomic E-state index is 13.7. The Morgan fingerprint density at radius 2 is 1.69 bits per heavy atom.